The Morgan fingerprint density at radius 2 is 1.60 bits per heavy atom. The first-order chi connectivity index (χ1) is 11.9. The average Bonchev–Trinajstić information content (AvgIpc) is 2.61. The summed E-state index contributed by atoms with van der Waals surface area (Å²) in [4.78, 5) is 24.8. The Kier molecular flexibility index (Phi) is 6.18. The predicted octanol–water partition coefficient (Wildman–Crippen LogP) is 3.94. The van der Waals surface area contributed by atoms with Crippen molar-refractivity contribution in [3.8, 4) is 0 Å². The van der Waals surface area contributed by atoms with Crippen LogP contribution in [0.15, 0.2) is 42.0 Å². The van der Waals surface area contributed by atoms with Crippen molar-refractivity contribution in [2.45, 2.75) is 27.2 Å². The molecule has 0 N–H and O–H groups in total. The molecule has 1 aromatic rings. The molecule has 0 radical (unpaired) electrons. The van der Waals surface area contributed by atoms with E-state index >= 15 is 0 Å². The van der Waals surface area contributed by atoms with Gasteiger partial charge in [0.1, 0.15) is 0 Å². The maximum atomic E-state index is 12.5. The lowest BCUT2D eigenvalue weighted by Crippen LogP contribution is -2.38. The fourth-order valence-electron chi connectivity index (χ4n) is 3.55. The van der Waals surface area contributed by atoms with Crippen molar-refractivity contribution in [3.05, 3.63) is 53.1 Å². The van der Waals surface area contributed by atoms with Gasteiger partial charge in [0, 0.05) is 5.92 Å². The Balaban J connectivity index is 2.54. The first-order valence-corrected chi connectivity index (χ1v) is 8.47. The van der Waals surface area contributed by atoms with Crippen LogP contribution < -0.4 is 0 Å². The summed E-state index contributed by atoms with van der Waals surface area (Å²) in [6.07, 6.45) is 4.46. The van der Waals surface area contributed by atoms with Crippen LogP contribution >= 0.6 is 0 Å². The number of aryl methyl sites for hydroxylation is 1. The van der Waals surface area contributed by atoms with Gasteiger partial charge < -0.3 is 9.47 Å². The Morgan fingerprint density at radius 3 is 2.12 bits per heavy atom. The lowest BCUT2D eigenvalue weighted by molar-refractivity contribution is -0.158. The molecular formula is C21H26O4. The molecule has 1 aliphatic carbocycles. The molecule has 25 heavy (non-hydrogen) atoms. The molecule has 0 amide bonds. The van der Waals surface area contributed by atoms with E-state index in [9.17, 15) is 9.59 Å². The Labute approximate surface area is 149 Å². The van der Waals surface area contributed by atoms with Crippen molar-refractivity contribution in [2.24, 2.45) is 17.8 Å². The maximum Gasteiger partial charge on any atom is 0.310 e. The second-order valence-corrected chi connectivity index (χ2v) is 6.65. The van der Waals surface area contributed by atoms with Crippen LogP contribution in [-0.2, 0) is 19.1 Å². The predicted molar refractivity (Wildman–Crippen MR) is 97.7 cm³/mol. The minimum absolute atomic E-state index is 0.224. The summed E-state index contributed by atoms with van der Waals surface area (Å²) in [6, 6.07) is 8.22. The van der Waals surface area contributed by atoms with Crippen LogP contribution in [0.3, 0.4) is 0 Å². The Hall–Kier alpha value is -2.36. The number of hydrogen-bond donors (Lipinski definition) is 0. The molecule has 0 heterocycles. The topological polar surface area (TPSA) is 52.6 Å². The molecule has 0 bridgehead atoms. The van der Waals surface area contributed by atoms with Gasteiger partial charge >= 0.3 is 11.9 Å². The summed E-state index contributed by atoms with van der Waals surface area (Å²) in [5, 5.41) is 0. The van der Waals surface area contributed by atoms with Gasteiger partial charge in [-0.25, -0.2) is 0 Å². The quantitative estimate of drug-likeness (QED) is 0.614. The monoisotopic (exact) mass is 342 g/mol. The lowest BCUT2D eigenvalue weighted by atomic mass is 9.70. The van der Waals surface area contributed by atoms with Crippen LogP contribution in [0.25, 0.3) is 5.57 Å². The number of methoxy groups -OCH3 is 2. The van der Waals surface area contributed by atoms with Gasteiger partial charge in [-0.2, -0.15) is 0 Å². The average molecular weight is 342 g/mol. The molecule has 0 unspecified atom stereocenters. The van der Waals surface area contributed by atoms with Crippen molar-refractivity contribution in [3.63, 3.8) is 0 Å². The number of esters is 2. The second kappa shape index (κ2) is 8.15. The number of benzene rings is 1. The first-order valence-electron chi connectivity index (χ1n) is 8.47. The van der Waals surface area contributed by atoms with E-state index in [0.29, 0.717) is 6.42 Å². The van der Waals surface area contributed by atoms with Gasteiger partial charge in [-0.15, -0.1) is 0 Å². The van der Waals surface area contributed by atoms with Crippen LogP contribution in [-0.4, -0.2) is 26.2 Å². The number of ether oxygens (including phenoxy) is 2. The molecule has 4 heteroatoms. The standard InChI is InChI=1S/C21H26O4/c1-13(2)18(15-11-9-14(3)10-12-15)16-7-6-8-17(20(22)24-4)19(16)21(23)25-5/h6-7,9-12,16-17,19H,8H2,1-5H3/t16-,17-,19-/m1/s1. The highest BCUT2D eigenvalue weighted by Crippen LogP contribution is 2.41. The van der Waals surface area contributed by atoms with E-state index in [1.807, 2.05) is 32.9 Å². The zero-order valence-corrected chi connectivity index (χ0v) is 15.5. The van der Waals surface area contributed by atoms with Gasteiger partial charge in [0.2, 0.25) is 0 Å². The summed E-state index contributed by atoms with van der Waals surface area (Å²) >= 11 is 0. The van der Waals surface area contributed by atoms with Crippen molar-refractivity contribution < 1.29 is 19.1 Å². The Bertz CT molecular complexity index is 693. The van der Waals surface area contributed by atoms with E-state index in [1.54, 1.807) is 0 Å². The molecule has 4 nitrogen and oxygen atoms in total. The summed E-state index contributed by atoms with van der Waals surface area (Å²) in [5.41, 5.74) is 4.39. The summed E-state index contributed by atoms with van der Waals surface area (Å²) in [7, 11) is 2.71. The van der Waals surface area contributed by atoms with Gasteiger partial charge in [-0.05, 0) is 38.3 Å². The maximum absolute atomic E-state index is 12.5. The van der Waals surface area contributed by atoms with Gasteiger partial charge in [-0.3, -0.25) is 9.59 Å². The van der Waals surface area contributed by atoms with Crippen LogP contribution in [0, 0.1) is 24.7 Å². The van der Waals surface area contributed by atoms with Crippen LogP contribution in [0.2, 0.25) is 0 Å². The molecular weight excluding hydrogens is 316 g/mol. The molecule has 134 valence electrons. The minimum Gasteiger partial charge on any atom is -0.469 e. The van der Waals surface area contributed by atoms with E-state index in [2.05, 4.69) is 24.3 Å². The molecule has 1 aliphatic rings. The summed E-state index contributed by atoms with van der Waals surface area (Å²) in [5.74, 6) is -2.10. The zero-order valence-electron chi connectivity index (χ0n) is 15.5. The highest BCUT2D eigenvalue weighted by molar-refractivity contribution is 5.86. The number of carbonyl (C=O) groups is 2. The molecule has 2 rings (SSSR count). The zero-order chi connectivity index (χ0) is 18.6. The van der Waals surface area contributed by atoms with Crippen molar-refractivity contribution >= 4 is 17.5 Å². The fraction of sp³-hybridized carbons (Fsp3) is 0.429. The van der Waals surface area contributed by atoms with Crippen LogP contribution in [0.4, 0.5) is 0 Å². The first kappa shape index (κ1) is 19.0. The molecule has 0 saturated heterocycles. The summed E-state index contributed by atoms with van der Waals surface area (Å²) < 4.78 is 9.95. The van der Waals surface area contributed by atoms with Crippen LogP contribution in [0.5, 0.6) is 0 Å². The highest BCUT2D eigenvalue weighted by atomic mass is 16.5. The molecule has 1 aromatic carbocycles. The molecule has 0 saturated carbocycles. The third kappa shape index (κ3) is 4.01. The smallest absolute Gasteiger partial charge is 0.310 e. The minimum atomic E-state index is -0.589. The molecule has 3 atom stereocenters. The molecule has 0 spiro atoms. The van der Waals surface area contributed by atoms with E-state index < -0.39 is 11.8 Å². The van der Waals surface area contributed by atoms with Crippen LogP contribution in [0.1, 0.15) is 31.4 Å². The van der Waals surface area contributed by atoms with Gasteiger partial charge in [0.15, 0.2) is 0 Å². The van der Waals surface area contributed by atoms with E-state index in [4.69, 9.17) is 9.47 Å². The molecule has 0 aliphatic heterocycles. The van der Waals surface area contributed by atoms with E-state index in [-0.39, 0.29) is 17.9 Å². The normalized spacial score (nSPS) is 22.2. The van der Waals surface area contributed by atoms with Gasteiger partial charge in [-0.1, -0.05) is 47.6 Å². The van der Waals surface area contributed by atoms with Gasteiger partial charge in [0.05, 0.1) is 26.1 Å². The Morgan fingerprint density at radius 1 is 1.00 bits per heavy atom. The van der Waals surface area contributed by atoms with Crippen molar-refractivity contribution in [2.75, 3.05) is 14.2 Å². The molecule has 0 fully saturated rings. The van der Waals surface area contributed by atoms with E-state index in [1.165, 1.54) is 19.8 Å². The lowest BCUT2D eigenvalue weighted by Gasteiger charge is -2.33. The summed E-state index contributed by atoms with van der Waals surface area (Å²) in [6.45, 7) is 6.09. The number of rotatable bonds is 4. The number of carbonyl (C=O) groups excluding carboxylic acids is 2. The van der Waals surface area contributed by atoms with Crippen molar-refractivity contribution in [1.29, 1.82) is 0 Å². The third-order valence-electron chi connectivity index (χ3n) is 4.77. The van der Waals surface area contributed by atoms with Gasteiger partial charge in [0.25, 0.3) is 0 Å². The number of allylic oxidation sites excluding steroid dienone is 4. The van der Waals surface area contributed by atoms with E-state index in [0.717, 1.165) is 16.7 Å². The molecule has 0 aromatic heterocycles. The fourth-order valence-corrected chi connectivity index (χ4v) is 3.55. The number of hydrogen-bond acceptors (Lipinski definition) is 4. The van der Waals surface area contributed by atoms with Crippen molar-refractivity contribution in [1.82, 2.24) is 0 Å². The largest absolute Gasteiger partial charge is 0.469 e. The third-order valence-corrected chi connectivity index (χ3v) is 4.77. The highest BCUT2D eigenvalue weighted by Gasteiger charge is 2.43. The SMILES string of the molecule is COC(=O)[C@@H]1[C@@H](C(=C(C)C)c2ccc(C)cc2)C=CC[C@H]1C(=O)OC. The second-order valence-electron chi connectivity index (χ2n) is 6.65.